The van der Waals surface area contributed by atoms with E-state index in [0.29, 0.717) is 4.31 Å². The second-order valence-electron chi connectivity index (χ2n) is 6.88. The van der Waals surface area contributed by atoms with Crippen molar-refractivity contribution in [3.63, 3.8) is 0 Å². The van der Waals surface area contributed by atoms with Crippen LogP contribution in [0.5, 0.6) is 0 Å². The Hall–Kier alpha value is -2.42. The zero-order valence-electron chi connectivity index (χ0n) is 17.9. The second kappa shape index (κ2) is 10.3. The fourth-order valence-electron chi connectivity index (χ4n) is 3.31. The van der Waals surface area contributed by atoms with Crippen LogP contribution in [-0.2, 0) is 10.0 Å². The number of fused-ring (bicyclic) bond motifs is 1. The molecule has 0 spiro atoms. The first-order valence-electron chi connectivity index (χ1n) is 9.41. The van der Waals surface area contributed by atoms with Gasteiger partial charge in [-0.3, -0.25) is 4.79 Å². The van der Waals surface area contributed by atoms with Crippen molar-refractivity contribution >= 4 is 99.0 Å². The van der Waals surface area contributed by atoms with Gasteiger partial charge in [0.25, 0.3) is 15.6 Å². The molecule has 2 radical (unpaired) electrons. The predicted molar refractivity (Wildman–Crippen MR) is 134 cm³/mol. The van der Waals surface area contributed by atoms with E-state index in [0.717, 1.165) is 22.0 Å². The minimum absolute atomic E-state index is 0. The predicted octanol–water partition coefficient (Wildman–Crippen LogP) is 2.47. The topological polar surface area (TPSA) is 147 Å². The number of benzene rings is 2. The van der Waals surface area contributed by atoms with Gasteiger partial charge < -0.3 is 16.0 Å². The molecule has 35 heavy (non-hydrogen) atoms. The van der Waals surface area contributed by atoms with Gasteiger partial charge in [-0.1, -0.05) is 11.6 Å². The molecular formula is C20H15CaClFN5O5S2. The third-order valence-electron chi connectivity index (χ3n) is 4.84. The fraction of sp³-hybridized carbons (Fsp3) is 0.0500. The molecule has 0 aliphatic rings. The van der Waals surface area contributed by atoms with E-state index in [9.17, 15) is 27.2 Å². The number of rotatable bonds is 5. The minimum Gasteiger partial charge on any atom is -0.386 e. The molecule has 4 N–H and O–H groups in total. The maximum absolute atomic E-state index is 14.2. The number of primary amides is 1. The molecule has 0 aliphatic heterocycles. The number of halogens is 2. The molecule has 0 atom stereocenters. The first-order valence-corrected chi connectivity index (χ1v) is 12.0. The molecule has 0 unspecified atom stereocenters. The van der Waals surface area contributed by atoms with Crippen LogP contribution in [0.4, 0.5) is 20.6 Å². The Morgan fingerprint density at radius 2 is 1.83 bits per heavy atom. The number of hydrogen-bond donors (Lipinski definition) is 3. The summed E-state index contributed by atoms with van der Waals surface area (Å²) in [7, 11) is -2.86. The van der Waals surface area contributed by atoms with Crippen molar-refractivity contribution in [2.24, 2.45) is 5.73 Å². The van der Waals surface area contributed by atoms with Crippen LogP contribution in [0.25, 0.3) is 16.6 Å². The standard InChI is InChI=1S/C20H15ClFN5O5S2.Ca/c1-24-15-9-14-12(8-13(15)22)18(28)26(20(30)25-14)10-2-4-11(5-3-10)27(19(23)29)34(31,32)17-7-6-16(21)33-17;/h2-9,24H,1H3,(H2,23,29)(H,25,30);. The van der Waals surface area contributed by atoms with Crippen LogP contribution < -0.4 is 26.6 Å². The van der Waals surface area contributed by atoms with Crippen LogP contribution in [0.1, 0.15) is 0 Å². The van der Waals surface area contributed by atoms with Crippen LogP contribution in [-0.4, -0.2) is 68.8 Å². The molecule has 0 bridgehead atoms. The first-order chi connectivity index (χ1) is 16.0. The van der Waals surface area contributed by atoms with Crippen molar-refractivity contribution in [2.75, 3.05) is 16.7 Å². The summed E-state index contributed by atoms with van der Waals surface area (Å²) >= 11 is 6.56. The second-order valence-corrected chi connectivity index (χ2v) is 10.6. The van der Waals surface area contributed by atoms with Gasteiger partial charge in [0.2, 0.25) is 0 Å². The fourth-order valence-corrected chi connectivity index (χ4v) is 6.20. The monoisotopic (exact) mass is 563 g/mol. The Labute approximate surface area is 236 Å². The van der Waals surface area contributed by atoms with Crippen LogP contribution >= 0.6 is 22.9 Å². The van der Waals surface area contributed by atoms with Crippen LogP contribution in [0.2, 0.25) is 4.34 Å². The molecule has 0 aliphatic carbocycles. The zero-order valence-corrected chi connectivity index (χ0v) is 22.5. The van der Waals surface area contributed by atoms with E-state index in [4.69, 9.17) is 17.3 Å². The molecule has 4 rings (SSSR count). The number of nitrogens with zero attached hydrogens (tertiary/aromatic N) is 2. The average Bonchev–Trinajstić information content (AvgIpc) is 3.22. The van der Waals surface area contributed by atoms with Gasteiger partial charge in [0.15, 0.2) is 0 Å². The summed E-state index contributed by atoms with van der Waals surface area (Å²) < 4.78 is 41.1. The van der Waals surface area contributed by atoms with Gasteiger partial charge in [0.1, 0.15) is 10.0 Å². The number of nitrogens with one attached hydrogen (secondary N) is 2. The summed E-state index contributed by atoms with van der Waals surface area (Å²) in [6.45, 7) is 0. The molecule has 15 heteroatoms. The van der Waals surface area contributed by atoms with E-state index in [-0.39, 0.29) is 74.2 Å². The summed E-state index contributed by atoms with van der Waals surface area (Å²) in [5.74, 6) is -0.683. The Kier molecular flexibility index (Phi) is 7.99. The summed E-state index contributed by atoms with van der Waals surface area (Å²) in [5, 5.41) is 2.55. The van der Waals surface area contributed by atoms with Crippen LogP contribution in [0.3, 0.4) is 0 Å². The number of H-pyrrole nitrogens is 1. The number of anilines is 2. The number of urea groups is 1. The normalized spacial score (nSPS) is 11.2. The summed E-state index contributed by atoms with van der Waals surface area (Å²) in [4.78, 5) is 40.1. The molecule has 0 saturated heterocycles. The Balaban J connectivity index is 0.00000342. The Bertz CT molecular complexity index is 1670. The number of aromatic nitrogens is 2. The van der Waals surface area contributed by atoms with E-state index in [1.807, 2.05) is 0 Å². The molecule has 2 aromatic carbocycles. The quantitative estimate of drug-likeness (QED) is 0.318. The smallest absolute Gasteiger partial charge is 0.333 e. The van der Waals surface area contributed by atoms with Crippen molar-refractivity contribution < 1.29 is 17.6 Å². The summed E-state index contributed by atoms with van der Waals surface area (Å²) in [6, 6.07) is 8.54. The molecule has 2 amide bonds. The summed E-state index contributed by atoms with van der Waals surface area (Å²) in [6.07, 6.45) is 0. The Morgan fingerprint density at radius 1 is 1.17 bits per heavy atom. The van der Waals surface area contributed by atoms with Crippen molar-refractivity contribution in [2.45, 2.75) is 4.21 Å². The van der Waals surface area contributed by atoms with E-state index in [2.05, 4.69) is 10.3 Å². The molecule has 0 fully saturated rings. The SMILES string of the molecule is CNc1cc2[nH]c(=O)n(-c3ccc(N(C(N)=O)S(=O)(=O)c4ccc(Cl)s4)cc3)c(=O)c2cc1F.[Ca]. The average molecular weight is 564 g/mol. The van der Waals surface area contributed by atoms with E-state index in [1.54, 1.807) is 0 Å². The molecule has 178 valence electrons. The van der Waals surface area contributed by atoms with Gasteiger partial charge in [-0.05, 0) is 48.5 Å². The molecule has 2 aromatic heterocycles. The molecule has 10 nitrogen and oxygen atoms in total. The van der Waals surface area contributed by atoms with Gasteiger partial charge in [-0.25, -0.2) is 18.5 Å². The van der Waals surface area contributed by atoms with E-state index >= 15 is 0 Å². The zero-order chi connectivity index (χ0) is 24.8. The number of amides is 2. The third kappa shape index (κ3) is 4.97. The van der Waals surface area contributed by atoms with E-state index in [1.165, 1.54) is 49.5 Å². The largest absolute Gasteiger partial charge is 0.386 e. The molecule has 4 aromatic rings. The van der Waals surface area contributed by atoms with Gasteiger partial charge in [0.05, 0.1) is 32.3 Å². The van der Waals surface area contributed by atoms with Crippen molar-refractivity contribution in [1.82, 2.24) is 9.55 Å². The first kappa shape index (κ1) is 27.2. The van der Waals surface area contributed by atoms with Gasteiger partial charge >= 0.3 is 11.7 Å². The minimum atomic E-state index is -4.36. The molecular weight excluding hydrogens is 549 g/mol. The van der Waals surface area contributed by atoms with E-state index < -0.39 is 33.1 Å². The number of hydrogen-bond acceptors (Lipinski definition) is 7. The van der Waals surface area contributed by atoms with Gasteiger partial charge in [-0.2, -0.15) is 12.7 Å². The molecule has 0 saturated carbocycles. The van der Waals surface area contributed by atoms with Crippen molar-refractivity contribution in [3.05, 3.63) is 79.5 Å². The Morgan fingerprint density at radius 3 is 2.37 bits per heavy atom. The third-order valence-corrected chi connectivity index (χ3v) is 8.26. The number of nitrogens with two attached hydrogens (primary N) is 1. The number of carbonyl (C=O) groups excluding carboxylic acids is 1. The summed E-state index contributed by atoms with van der Waals surface area (Å²) in [5.41, 5.74) is 3.89. The van der Waals surface area contributed by atoms with Crippen LogP contribution in [0.15, 0.2) is 62.3 Å². The van der Waals surface area contributed by atoms with Gasteiger partial charge in [0, 0.05) is 44.8 Å². The maximum Gasteiger partial charge on any atom is 0.333 e. The molecule has 2 heterocycles. The van der Waals surface area contributed by atoms with Gasteiger partial charge in [-0.15, -0.1) is 11.3 Å². The van der Waals surface area contributed by atoms with Crippen molar-refractivity contribution in [1.29, 1.82) is 0 Å². The number of thiophene rings is 1. The van der Waals surface area contributed by atoms with Crippen LogP contribution in [0, 0.1) is 5.82 Å². The number of sulfonamides is 1. The van der Waals surface area contributed by atoms with Crippen molar-refractivity contribution in [3.8, 4) is 5.69 Å². The maximum atomic E-state index is 14.2. The number of carbonyl (C=O) groups is 1. The number of aromatic amines is 1.